The Morgan fingerprint density at radius 2 is 1.46 bits per heavy atom. The molecule has 24 heavy (non-hydrogen) atoms. The van der Waals surface area contributed by atoms with E-state index >= 15 is 0 Å². The summed E-state index contributed by atoms with van der Waals surface area (Å²) in [5.74, 6) is 1.45. The maximum Gasteiger partial charge on any atom is 0.229 e. The number of ether oxygens (including phenoxy) is 2. The molecule has 0 atom stereocenters. The molecule has 0 aliphatic heterocycles. The lowest BCUT2D eigenvalue weighted by molar-refractivity contribution is -0.115. The van der Waals surface area contributed by atoms with E-state index in [0.29, 0.717) is 13.2 Å². The summed E-state index contributed by atoms with van der Waals surface area (Å²) < 4.78 is 10.8. The van der Waals surface area contributed by atoms with E-state index in [2.05, 4.69) is 4.99 Å². The highest BCUT2D eigenvalue weighted by Gasteiger charge is 2.09. The van der Waals surface area contributed by atoms with Crippen LogP contribution in [0.2, 0.25) is 0 Å². The predicted octanol–water partition coefficient (Wildman–Crippen LogP) is 4.20. The van der Waals surface area contributed by atoms with Crippen molar-refractivity contribution in [1.82, 2.24) is 0 Å². The van der Waals surface area contributed by atoms with Crippen LogP contribution in [-0.2, 0) is 4.79 Å². The first-order chi connectivity index (χ1) is 11.6. The molecule has 126 valence electrons. The molecule has 0 fully saturated rings. The number of amides is 1. The van der Waals surface area contributed by atoms with Gasteiger partial charge in [-0.05, 0) is 62.4 Å². The van der Waals surface area contributed by atoms with Crippen molar-refractivity contribution in [3.8, 4) is 11.5 Å². The van der Waals surface area contributed by atoms with Gasteiger partial charge in [0.15, 0.2) is 0 Å². The maximum atomic E-state index is 11.9. The van der Waals surface area contributed by atoms with Gasteiger partial charge in [-0.15, -0.1) is 0 Å². The summed E-state index contributed by atoms with van der Waals surface area (Å²) in [4.78, 5) is 17.7. The first-order valence-corrected chi connectivity index (χ1v) is 7.93. The van der Waals surface area contributed by atoms with Crippen LogP contribution in [0.25, 0.3) is 0 Å². The van der Waals surface area contributed by atoms with Crippen LogP contribution in [0.3, 0.4) is 0 Å². The Bertz CT molecular complexity index is 679. The zero-order valence-corrected chi connectivity index (χ0v) is 14.2. The standard InChI is InChI=1S/C19H22N2O3/c1-4-23-18-10-6-16(7-11-18)20-14-21(15(3)22)17-8-12-19(13-9-17)24-5-2/h6-14H,4-5H2,1-3H3. The molecule has 1 amide bonds. The molecule has 0 aliphatic rings. The van der Waals surface area contributed by atoms with Crippen molar-refractivity contribution in [2.45, 2.75) is 20.8 Å². The number of aliphatic imine (C=N–C) groups is 1. The predicted molar refractivity (Wildman–Crippen MR) is 96.5 cm³/mol. The van der Waals surface area contributed by atoms with Crippen LogP contribution in [0, 0.1) is 0 Å². The average molecular weight is 326 g/mol. The summed E-state index contributed by atoms with van der Waals surface area (Å²) in [7, 11) is 0. The van der Waals surface area contributed by atoms with E-state index in [9.17, 15) is 4.79 Å². The summed E-state index contributed by atoms with van der Waals surface area (Å²) in [6.07, 6.45) is 1.52. The summed E-state index contributed by atoms with van der Waals surface area (Å²) in [6, 6.07) is 14.7. The summed E-state index contributed by atoms with van der Waals surface area (Å²) in [5, 5.41) is 0. The Hall–Kier alpha value is -2.82. The molecule has 0 aromatic heterocycles. The number of nitrogens with zero attached hydrogens (tertiary/aromatic N) is 2. The van der Waals surface area contributed by atoms with Crippen LogP contribution in [0.1, 0.15) is 20.8 Å². The van der Waals surface area contributed by atoms with Gasteiger partial charge in [0.05, 0.1) is 24.6 Å². The molecule has 2 aromatic rings. The Morgan fingerprint density at radius 1 is 0.958 bits per heavy atom. The molecule has 5 heteroatoms. The third-order valence-corrected chi connectivity index (χ3v) is 3.24. The topological polar surface area (TPSA) is 51.1 Å². The highest BCUT2D eigenvalue weighted by atomic mass is 16.5. The van der Waals surface area contributed by atoms with Crippen molar-refractivity contribution < 1.29 is 14.3 Å². The van der Waals surface area contributed by atoms with Gasteiger partial charge >= 0.3 is 0 Å². The molecule has 0 saturated carbocycles. The Labute approximate surface area is 142 Å². The van der Waals surface area contributed by atoms with Gasteiger partial charge in [0, 0.05) is 6.92 Å². The first-order valence-electron chi connectivity index (χ1n) is 7.93. The van der Waals surface area contributed by atoms with E-state index in [1.165, 1.54) is 18.2 Å². The molecule has 2 aromatic carbocycles. The molecule has 0 unspecified atom stereocenters. The fourth-order valence-corrected chi connectivity index (χ4v) is 2.12. The number of hydrogen-bond donors (Lipinski definition) is 0. The highest BCUT2D eigenvalue weighted by molar-refractivity contribution is 6.07. The minimum absolute atomic E-state index is 0.117. The molecule has 0 aliphatic carbocycles. The summed E-state index contributed by atoms with van der Waals surface area (Å²) in [5.41, 5.74) is 1.48. The molecule has 0 saturated heterocycles. The second kappa shape index (κ2) is 8.72. The van der Waals surface area contributed by atoms with Crippen molar-refractivity contribution in [3.63, 3.8) is 0 Å². The van der Waals surface area contributed by atoms with Gasteiger partial charge in [-0.2, -0.15) is 0 Å². The average Bonchev–Trinajstić information content (AvgIpc) is 2.58. The van der Waals surface area contributed by atoms with Crippen molar-refractivity contribution in [2.75, 3.05) is 18.1 Å². The number of rotatable bonds is 7. The molecule has 0 heterocycles. The largest absolute Gasteiger partial charge is 0.494 e. The van der Waals surface area contributed by atoms with Crippen molar-refractivity contribution in [1.29, 1.82) is 0 Å². The normalized spacial score (nSPS) is 10.6. The number of benzene rings is 2. The number of carbonyl (C=O) groups is 1. The van der Waals surface area contributed by atoms with Gasteiger partial charge in [0.2, 0.25) is 5.91 Å². The Balaban J connectivity index is 2.14. The molecule has 0 bridgehead atoms. The fraction of sp³-hybridized carbons (Fsp3) is 0.263. The lowest BCUT2D eigenvalue weighted by Gasteiger charge is -2.16. The van der Waals surface area contributed by atoms with E-state index in [4.69, 9.17) is 9.47 Å². The minimum Gasteiger partial charge on any atom is -0.494 e. The fourth-order valence-electron chi connectivity index (χ4n) is 2.12. The number of anilines is 1. The van der Waals surface area contributed by atoms with E-state index in [1.54, 1.807) is 0 Å². The van der Waals surface area contributed by atoms with Crippen molar-refractivity contribution in [2.24, 2.45) is 4.99 Å². The van der Waals surface area contributed by atoms with Crippen molar-refractivity contribution >= 4 is 23.6 Å². The summed E-state index contributed by atoms with van der Waals surface area (Å²) in [6.45, 7) is 6.60. The van der Waals surface area contributed by atoms with Gasteiger partial charge in [0.1, 0.15) is 17.8 Å². The number of hydrogen-bond acceptors (Lipinski definition) is 4. The SMILES string of the molecule is CCOc1ccc(N=CN(C(C)=O)c2ccc(OCC)cc2)cc1. The Morgan fingerprint density at radius 3 is 1.92 bits per heavy atom. The van der Waals surface area contributed by atoms with Gasteiger partial charge in [0.25, 0.3) is 0 Å². The van der Waals surface area contributed by atoms with Crippen LogP contribution >= 0.6 is 0 Å². The smallest absolute Gasteiger partial charge is 0.229 e. The van der Waals surface area contributed by atoms with E-state index < -0.39 is 0 Å². The van der Waals surface area contributed by atoms with Gasteiger partial charge in [-0.25, -0.2) is 4.99 Å². The molecule has 2 rings (SSSR count). The minimum atomic E-state index is -0.117. The first kappa shape index (κ1) is 17.5. The maximum absolute atomic E-state index is 11.9. The Kier molecular flexibility index (Phi) is 6.37. The quantitative estimate of drug-likeness (QED) is 0.566. The second-order valence-electron chi connectivity index (χ2n) is 4.99. The second-order valence-corrected chi connectivity index (χ2v) is 4.99. The lowest BCUT2D eigenvalue weighted by Crippen LogP contribution is -2.26. The van der Waals surface area contributed by atoms with E-state index in [0.717, 1.165) is 22.9 Å². The molecule has 0 N–H and O–H groups in total. The van der Waals surface area contributed by atoms with Crippen LogP contribution in [0.4, 0.5) is 11.4 Å². The van der Waals surface area contributed by atoms with Gasteiger partial charge in [-0.1, -0.05) is 0 Å². The van der Waals surface area contributed by atoms with Gasteiger partial charge in [-0.3, -0.25) is 9.69 Å². The molecular weight excluding hydrogens is 304 g/mol. The zero-order chi connectivity index (χ0) is 17.4. The number of carbonyl (C=O) groups excluding carboxylic acids is 1. The summed E-state index contributed by atoms with van der Waals surface area (Å²) >= 11 is 0. The zero-order valence-electron chi connectivity index (χ0n) is 14.2. The van der Waals surface area contributed by atoms with Gasteiger partial charge < -0.3 is 9.47 Å². The van der Waals surface area contributed by atoms with Crippen LogP contribution in [0.5, 0.6) is 11.5 Å². The van der Waals surface area contributed by atoms with Crippen molar-refractivity contribution in [3.05, 3.63) is 48.5 Å². The molecule has 0 radical (unpaired) electrons. The lowest BCUT2D eigenvalue weighted by atomic mass is 10.3. The van der Waals surface area contributed by atoms with E-state index in [1.807, 2.05) is 62.4 Å². The molecule has 5 nitrogen and oxygen atoms in total. The van der Waals surface area contributed by atoms with Crippen LogP contribution in [0.15, 0.2) is 53.5 Å². The molecule has 0 spiro atoms. The highest BCUT2D eigenvalue weighted by Crippen LogP contribution is 2.21. The van der Waals surface area contributed by atoms with Crippen LogP contribution in [-0.4, -0.2) is 25.5 Å². The third-order valence-electron chi connectivity index (χ3n) is 3.24. The molecular formula is C19H22N2O3. The van der Waals surface area contributed by atoms with E-state index in [-0.39, 0.29) is 5.91 Å². The van der Waals surface area contributed by atoms with Crippen LogP contribution < -0.4 is 14.4 Å². The third kappa shape index (κ3) is 4.84. The monoisotopic (exact) mass is 326 g/mol.